The Hall–Kier alpha value is -3.82. The molecule has 0 aliphatic rings. The van der Waals surface area contributed by atoms with Crippen LogP contribution in [0.5, 0.6) is 0 Å². The highest BCUT2D eigenvalue weighted by molar-refractivity contribution is 6.38. The van der Waals surface area contributed by atoms with Crippen molar-refractivity contribution in [1.29, 1.82) is 0 Å². The lowest BCUT2D eigenvalue weighted by Crippen LogP contribution is -2.47. The average molecular weight is 354 g/mol. The van der Waals surface area contributed by atoms with Crippen molar-refractivity contribution in [3.63, 3.8) is 0 Å². The molecule has 3 N–H and O–H groups in total. The monoisotopic (exact) mass is 354 g/mol. The van der Waals surface area contributed by atoms with E-state index < -0.39 is 23.6 Å². The molecule has 3 heterocycles. The topological polar surface area (TPSA) is 146 Å². The molecule has 10 heteroatoms. The van der Waals surface area contributed by atoms with E-state index in [2.05, 4.69) is 20.3 Å². The zero-order valence-corrected chi connectivity index (χ0v) is 13.4. The van der Waals surface area contributed by atoms with Crippen LogP contribution in [0.3, 0.4) is 0 Å². The van der Waals surface area contributed by atoms with E-state index in [1.54, 1.807) is 24.4 Å². The third-order valence-electron chi connectivity index (χ3n) is 3.53. The lowest BCUT2D eigenvalue weighted by atomic mass is 10.1. The zero-order chi connectivity index (χ0) is 18.5. The Balaban J connectivity index is 1.83. The van der Waals surface area contributed by atoms with Gasteiger partial charge in [0, 0.05) is 12.6 Å². The van der Waals surface area contributed by atoms with Gasteiger partial charge < -0.3 is 15.5 Å². The van der Waals surface area contributed by atoms with Gasteiger partial charge in [-0.3, -0.25) is 19.0 Å². The fourth-order valence-electron chi connectivity index (χ4n) is 2.30. The second-order valence-electron chi connectivity index (χ2n) is 5.28. The van der Waals surface area contributed by atoms with E-state index in [0.717, 1.165) is 0 Å². The molecule has 0 bridgehead atoms. The molecule has 1 unspecified atom stereocenters. The van der Waals surface area contributed by atoms with Crippen LogP contribution in [0.25, 0.3) is 5.82 Å². The standard InChI is InChI=1S/C16H14N6O4/c17-15(24)14(23)11(5-10-7-26-9-20-10)21-16(25)12-6-18-8-22(12)13-3-1-2-4-19-13/h1-4,6-9,11H,5H2,(H2,17,24)(H,21,25). The maximum absolute atomic E-state index is 12.6. The quantitative estimate of drug-likeness (QED) is 0.551. The molecule has 0 spiro atoms. The first-order valence-corrected chi connectivity index (χ1v) is 7.51. The van der Waals surface area contributed by atoms with Gasteiger partial charge in [0.2, 0.25) is 5.78 Å². The van der Waals surface area contributed by atoms with Crippen molar-refractivity contribution in [2.24, 2.45) is 5.73 Å². The number of nitrogens with one attached hydrogen (secondary N) is 1. The number of nitrogens with zero attached hydrogens (tertiary/aromatic N) is 4. The highest BCUT2D eigenvalue weighted by Crippen LogP contribution is 2.09. The van der Waals surface area contributed by atoms with E-state index in [1.165, 1.54) is 29.7 Å². The van der Waals surface area contributed by atoms with Crippen molar-refractivity contribution in [2.75, 3.05) is 0 Å². The third-order valence-corrected chi connectivity index (χ3v) is 3.53. The fraction of sp³-hybridized carbons (Fsp3) is 0.125. The molecular weight excluding hydrogens is 340 g/mol. The molecule has 132 valence electrons. The van der Waals surface area contributed by atoms with Crippen molar-refractivity contribution in [1.82, 2.24) is 24.8 Å². The van der Waals surface area contributed by atoms with Gasteiger partial charge in [0.25, 0.3) is 11.8 Å². The number of nitrogens with two attached hydrogens (primary N) is 1. The van der Waals surface area contributed by atoms with Gasteiger partial charge in [-0.2, -0.15) is 0 Å². The van der Waals surface area contributed by atoms with Crippen molar-refractivity contribution < 1.29 is 18.8 Å². The summed E-state index contributed by atoms with van der Waals surface area (Å²) in [5.74, 6) is -2.23. The number of carbonyl (C=O) groups is 3. The summed E-state index contributed by atoms with van der Waals surface area (Å²) in [4.78, 5) is 47.9. The van der Waals surface area contributed by atoms with E-state index in [-0.39, 0.29) is 12.1 Å². The number of primary amides is 1. The largest absolute Gasteiger partial charge is 0.451 e. The Morgan fingerprint density at radius 2 is 2.12 bits per heavy atom. The number of hydrogen-bond donors (Lipinski definition) is 2. The number of ketones is 1. The second kappa shape index (κ2) is 7.38. The molecule has 0 saturated carbocycles. The maximum atomic E-state index is 12.6. The van der Waals surface area contributed by atoms with Crippen LogP contribution in [0.15, 0.2) is 54.0 Å². The predicted octanol–water partition coefficient (Wildman–Crippen LogP) is -0.349. The SMILES string of the molecule is NC(=O)C(=O)C(Cc1cocn1)NC(=O)c1cncn1-c1ccccn1. The van der Waals surface area contributed by atoms with Crippen LogP contribution in [0.2, 0.25) is 0 Å². The van der Waals surface area contributed by atoms with Gasteiger partial charge in [0.1, 0.15) is 30.1 Å². The minimum Gasteiger partial charge on any atom is -0.451 e. The van der Waals surface area contributed by atoms with Crippen LogP contribution >= 0.6 is 0 Å². The number of aromatic nitrogens is 4. The lowest BCUT2D eigenvalue weighted by Gasteiger charge is -2.15. The molecule has 0 saturated heterocycles. The highest BCUT2D eigenvalue weighted by atomic mass is 16.3. The van der Waals surface area contributed by atoms with E-state index in [0.29, 0.717) is 11.5 Å². The number of imidazole rings is 1. The van der Waals surface area contributed by atoms with Crippen molar-refractivity contribution in [3.05, 3.63) is 61.0 Å². The van der Waals surface area contributed by atoms with Gasteiger partial charge in [-0.05, 0) is 12.1 Å². The molecule has 0 fully saturated rings. The van der Waals surface area contributed by atoms with Crippen molar-refractivity contribution >= 4 is 17.6 Å². The molecule has 26 heavy (non-hydrogen) atoms. The number of rotatable bonds is 7. The van der Waals surface area contributed by atoms with E-state index in [9.17, 15) is 14.4 Å². The van der Waals surface area contributed by atoms with Crippen LogP contribution in [0.4, 0.5) is 0 Å². The molecule has 3 rings (SSSR count). The van der Waals surface area contributed by atoms with Gasteiger partial charge in [-0.25, -0.2) is 15.0 Å². The molecule has 0 radical (unpaired) electrons. The molecule has 1 atom stereocenters. The lowest BCUT2D eigenvalue weighted by molar-refractivity contribution is -0.137. The van der Waals surface area contributed by atoms with Crippen LogP contribution in [0, 0.1) is 0 Å². The smallest absolute Gasteiger partial charge is 0.287 e. The first-order valence-electron chi connectivity index (χ1n) is 7.51. The highest BCUT2D eigenvalue weighted by Gasteiger charge is 2.27. The van der Waals surface area contributed by atoms with Crippen LogP contribution < -0.4 is 11.1 Å². The first-order chi connectivity index (χ1) is 12.6. The Labute approximate surface area is 147 Å². The number of hydrogen-bond acceptors (Lipinski definition) is 7. The summed E-state index contributed by atoms with van der Waals surface area (Å²) in [6.07, 6.45) is 6.76. The number of amides is 2. The van der Waals surface area contributed by atoms with Crippen molar-refractivity contribution in [3.8, 4) is 5.82 Å². The van der Waals surface area contributed by atoms with E-state index >= 15 is 0 Å². The van der Waals surface area contributed by atoms with Gasteiger partial charge >= 0.3 is 0 Å². The minimum atomic E-state index is -1.18. The number of oxazole rings is 1. The molecule has 3 aromatic rings. The number of pyridine rings is 1. The van der Waals surface area contributed by atoms with Gasteiger partial charge in [-0.15, -0.1) is 0 Å². The second-order valence-corrected chi connectivity index (χ2v) is 5.28. The van der Waals surface area contributed by atoms with Crippen molar-refractivity contribution in [2.45, 2.75) is 12.5 Å². The summed E-state index contributed by atoms with van der Waals surface area (Å²) in [5.41, 5.74) is 5.61. The molecular formula is C16H14N6O4. The third kappa shape index (κ3) is 3.64. The normalized spacial score (nSPS) is 11.7. The first kappa shape index (κ1) is 17.0. The molecule has 10 nitrogen and oxygen atoms in total. The van der Waals surface area contributed by atoms with Crippen LogP contribution in [-0.2, 0) is 16.0 Å². The summed E-state index contributed by atoms with van der Waals surface area (Å²) >= 11 is 0. The molecule has 0 aliphatic heterocycles. The molecule has 0 aromatic carbocycles. The summed E-state index contributed by atoms with van der Waals surface area (Å²) in [7, 11) is 0. The summed E-state index contributed by atoms with van der Waals surface area (Å²) in [5, 5.41) is 2.49. The van der Waals surface area contributed by atoms with Gasteiger partial charge in [-0.1, -0.05) is 6.07 Å². The zero-order valence-electron chi connectivity index (χ0n) is 13.4. The molecule has 2 amide bonds. The van der Waals surface area contributed by atoms with Crippen LogP contribution in [-0.4, -0.2) is 43.2 Å². The Bertz CT molecular complexity index is 919. The minimum absolute atomic E-state index is 0.0399. The van der Waals surface area contributed by atoms with Gasteiger partial charge in [0.05, 0.1) is 11.9 Å². The predicted molar refractivity (Wildman–Crippen MR) is 87.0 cm³/mol. The van der Waals surface area contributed by atoms with E-state index in [4.69, 9.17) is 10.2 Å². The van der Waals surface area contributed by atoms with Crippen LogP contribution in [0.1, 0.15) is 16.2 Å². The Kier molecular flexibility index (Phi) is 4.83. The van der Waals surface area contributed by atoms with Gasteiger partial charge in [0.15, 0.2) is 6.39 Å². The number of carbonyl (C=O) groups excluding carboxylic acids is 3. The Morgan fingerprint density at radius 1 is 1.27 bits per heavy atom. The average Bonchev–Trinajstić information content (AvgIpc) is 3.32. The molecule has 0 aliphatic carbocycles. The molecule has 3 aromatic heterocycles. The fourth-order valence-corrected chi connectivity index (χ4v) is 2.30. The summed E-state index contributed by atoms with van der Waals surface area (Å²) < 4.78 is 6.29. The summed E-state index contributed by atoms with van der Waals surface area (Å²) in [6, 6.07) is 4.00. The Morgan fingerprint density at radius 3 is 2.77 bits per heavy atom. The number of Topliss-reactive ketones (excluding diaryl/α,β-unsaturated/α-hetero) is 1. The summed E-state index contributed by atoms with van der Waals surface area (Å²) in [6.45, 7) is 0. The maximum Gasteiger partial charge on any atom is 0.287 e. The van der Waals surface area contributed by atoms with E-state index in [1.807, 2.05) is 0 Å².